The van der Waals surface area contributed by atoms with Crippen LogP contribution in [-0.2, 0) is 5.48 Å². The molecule has 1 heterocycles. The Morgan fingerprint density at radius 3 is 2.00 bits per heavy atom. The summed E-state index contributed by atoms with van der Waals surface area (Å²) in [7, 11) is 0. The van der Waals surface area contributed by atoms with Crippen LogP contribution in [-0.4, -0.2) is 4.98 Å². The predicted octanol–water partition coefficient (Wildman–Crippen LogP) is -5.74. The molecule has 0 fully saturated rings. The molecule has 0 atom stereocenters. The fraction of sp³-hybridized carbons (Fsp3) is 0. The van der Waals surface area contributed by atoms with E-state index in [2.05, 4.69) is 4.98 Å². The van der Waals surface area contributed by atoms with Crippen molar-refractivity contribution < 1.29 is 43.2 Å². The molecule has 44 valence electrons. The van der Waals surface area contributed by atoms with Crippen LogP contribution in [0.15, 0.2) is 29.2 Å². The molecular weight excluding hydrogens is 120 g/mol. The number of nitrogens with one attached hydrogen (secondary N) is 1. The van der Waals surface area contributed by atoms with E-state index in [0.29, 0.717) is 0 Å². The zero-order valence-corrected chi connectivity index (χ0v) is 6.13. The Bertz CT molecular complexity index is 183. The van der Waals surface area contributed by atoms with Gasteiger partial charge in [0.25, 0.3) is 0 Å². The minimum absolute atomic E-state index is 0. The van der Waals surface area contributed by atoms with Crippen LogP contribution in [0.5, 0.6) is 0 Å². The topological polar surface area (TPSA) is 61.4 Å². The van der Waals surface area contributed by atoms with Gasteiger partial charge in [0, 0.05) is 12.3 Å². The minimum atomic E-state index is -0.0532. The van der Waals surface area contributed by atoms with Crippen LogP contribution in [0.4, 0.5) is 0 Å². The van der Waals surface area contributed by atoms with E-state index >= 15 is 0 Å². The molecule has 10 heavy (non-hydrogen) atoms. The summed E-state index contributed by atoms with van der Waals surface area (Å²) in [6, 6.07) is 4.93. The molecule has 0 amide bonds. The zero-order valence-electron chi connectivity index (χ0n) is 6.13. The van der Waals surface area contributed by atoms with Gasteiger partial charge in [0.1, 0.15) is 0 Å². The SMILES string of the molecule is O=c1cccc[nH]1.[Li+].[Li+].[O-2]. The number of H-pyrrole nitrogens is 1. The second-order valence-corrected chi connectivity index (χ2v) is 1.23. The molecule has 0 radical (unpaired) electrons. The van der Waals surface area contributed by atoms with Crippen molar-refractivity contribution in [3.8, 4) is 0 Å². The number of pyridine rings is 1. The Kier molecular flexibility index (Phi) is 15.1. The Balaban J connectivity index is -0.000000163. The predicted molar refractivity (Wildman–Crippen MR) is 27.7 cm³/mol. The quantitative estimate of drug-likeness (QED) is 0.345. The average Bonchev–Trinajstić information content (AvgIpc) is 1.69. The summed E-state index contributed by atoms with van der Waals surface area (Å²) >= 11 is 0. The van der Waals surface area contributed by atoms with E-state index in [1.54, 1.807) is 18.3 Å². The summed E-state index contributed by atoms with van der Waals surface area (Å²) in [5.74, 6) is 0. The maximum atomic E-state index is 10.2. The number of rotatable bonds is 0. The van der Waals surface area contributed by atoms with Gasteiger partial charge in [0.2, 0.25) is 5.56 Å². The molecule has 5 heteroatoms. The second kappa shape index (κ2) is 9.10. The number of aromatic nitrogens is 1. The molecule has 1 aromatic heterocycles. The number of hydrogen-bond donors (Lipinski definition) is 1. The molecule has 0 aromatic carbocycles. The maximum absolute atomic E-state index is 10.2. The molecule has 1 N–H and O–H groups in total. The van der Waals surface area contributed by atoms with Crippen molar-refractivity contribution in [2.24, 2.45) is 0 Å². The summed E-state index contributed by atoms with van der Waals surface area (Å²) in [6.07, 6.45) is 1.60. The van der Waals surface area contributed by atoms with E-state index in [4.69, 9.17) is 0 Å². The van der Waals surface area contributed by atoms with Crippen molar-refractivity contribution >= 4 is 0 Å². The summed E-state index contributed by atoms with van der Waals surface area (Å²) in [6.45, 7) is 0. The van der Waals surface area contributed by atoms with E-state index in [1.165, 1.54) is 6.07 Å². The Hall–Kier alpha value is 0.105. The fourth-order valence-corrected chi connectivity index (χ4v) is 0.377. The normalized spacial score (nSPS) is 6.00. The summed E-state index contributed by atoms with van der Waals surface area (Å²) in [4.78, 5) is 12.7. The van der Waals surface area contributed by atoms with E-state index in [-0.39, 0.29) is 48.8 Å². The van der Waals surface area contributed by atoms with Crippen LogP contribution < -0.4 is 43.3 Å². The second-order valence-electron chi connectivity index (χ2n) is 1.23. The third-order valence-electron chi connectivity index (χ3n) is 0.681. The van der Waals surface area contributed by atoms with Crippen molar-refractivity contribution in [3.63, 3.8) is 0 Å². The van der Waals surface area contributed by atoms with E-state index < -0.39 is 0 Å². The van der Waals surface area contributed by atoms with Gasteiger partial charge in [-0.05, 0) is 6.07 Å². The van der Waals surface area contributed by atoms with Gasteiger partial charge in [-0.2, -0.15) is 0 Å². The van der Waals surface area contributed by atoms with Crippen LogP contribution >= 0.6 is 0 Å². The average molecular weight is 125 g/mol. The van der Waals surface area contributed by atoms with Crippen LogP contribution in [0.2, 0.25) is 0 Å². The molecule has 0 aliphatic rings. The van der Waals surface area contributed by atoms with Gasteiger partial charge in [-0.3, -0.25) is 4.79 Å². The van der Waals surface area contributed by atoms with E-state index in [0.717, 1.165) is 0 Å². The fourth-order valence-electron chi connectivity index (χ4n) is 0.377. The van der Waals surface area contributed by atoms with E-state index in [9.17, 15) is 4.79 Å². The van der Waals surface area contributed by atoms with Crippen LogP contribution in [0.25, 0.3) is 0 Å². The van der Waals surface area contributed by atoms with Gasteiger partial charge in [0.15, 0.2) is 0 Å². The summed E-state index contributed by atoms with van der Waals surface area (Å²) < 4.78 is 0. The van der Waals surface area contributed by atoms with Crippen LogP contribution in [0, 0.1) is 0 Å². The molecule has 1 rings (SSSR count). The van der Waals surface area contributed by atoms with Crippen LogP contribution in [0.1, 0.15) is 0 Å². The smallest absolute Gasteiger partial charge is 1.00 e. The first-order valence-corrected chi connectivity index (χ1v) is 2.03. The van der Waals surface area contributed by atoms with Gasteiger partial charge in [-0.15, -0.1) is 0 Å². The van der Waals surface area contributed by atoms with Gasteiger partial charge in [-0.1, -0.05) is 6.07 Å². The maximum Gasteiger partial charge on any atom is 1.00 e. The number of aromatic amines is 1. The first-order valence-electron chi connectivity index (χ1n) is 2.03. The summed E-state index contributed by atoms with van der Waals surface area (Å²) in [5.41, 5.74) is -0.0532. The molecule has 0 saturated carbocycles. The van der Waals surface area contributed by atoms with Crippen molar-refractivity contribution in [2.45, 2.75) is 0 Å². The van der Waals surface area contributed by atoms with Crippen LogP contribution in [0.3, 0.4) is 0 Å². The Labute approximate surface area is 82.9 Å². The van der Waals surface area contributed by atoms with Gasteiger partial charge in [0.05, 0.1) is 0 Å². The monoisotopic (exact) mass is 125 g/mol. The largest absolute Gasteiger partial charge is 2.00 e. The molecule has 0 spiro atoms. The zero-order chi connectivity index (χ0) is 5.11. The standard InChI is InChI=1S/C5H5NO.2Li.O/c7-5-3-1-2-4-6-5;;;/h1-4H,(H,6,7);;;/q;2*+1;-2. The molecule has 0 unspecified atom stereocenters. The van der Waals surface area contributed by atoms with Crippen molar-refractivity contribution in [1.29, 1.82) is 0 Å². The molecule has 0 saturated heterocycles. The molecule has 1 aromatic rings. The first kappa shape index (κ1) is 16.6. The third-order valence-corrected chi connectivity index (χ3v) is 0.681. The first-order chi connectivity index (χ1) is 3.39. The van der Waals surface area contributed by atoms with Gasteiger partial charge in [-0.25, -0.2) is 0 Å². The summed E-state index contributed by atoms with van der Waals surface area (Å²) in [5, 5.41) is 0. The molecule has 0 aliphatic heterocycles. The van der Waals surface area contributed by atoms with Gasteiger partial charge >= 0.3 is 37.7 Å². The minimum Gasteiger partial charge on any atom is -2.00 e. The Morgan fingerprint density at radius 1 is 1.20 bits per heavy atom. The van der Waals surface area contributed by atoms with Crippen molar-refractivity contribution in [2.75, 3.05) is 0 Å². The molecular formula is C5H5Li2NO2. The third kappa shape index (κ3) is 6.23. The number of hydrogen-bond acceptors (Lipinski definition) is 1. The van der Waals surface area contributed by atoms with Crippen molar-refractivity contribution in [3.05, 3.63) is 34.7 Å². The van der Waals surface area contributed by atoms with Crippen molar-refractivity contribution in [1.82, 2.24) is 4.98 Å². The molecule has 0 aliphatic carbocycles. The Morgan fingerprint density at radius 2 is 1.80 bits per heavy atom. The van der Waals surface area contributed by atoms with E-state index in [1.807, 2.05) is 0 Å². The van der Waals surface area contributed by atoms with Gasteiger partial charge < -0.3 is 10.5 Å². The molecule has 3 nitrogen and oxygen atoms in total. The molecule has 0 bridgehead atoms.